The Morgan fingerprint density at radius 3 is 3.00 bits per heavy atom. The summed E-state index contributed by atoms with van der Waals surface area (Å²) in [5.74, 6) is -0.169. The zero-order chi connectivity index (χ0) is 17.6. The van der Waals surface area contributed by atoms with Gasteiger partial charge in [-0.05, 0) is 49.9 Å². The maximum atomic E-state index is 12.2. The van der Waals surface area contributed by atoms with Gasteiger partial charge in [0, 0.05) is 12.5 Å². The number of carboxylic acids is 1. The standard InChI is InChI=1S/C17H21N3O5/c21-16(19-10-14-2-1-5-24-14)7-11-3-4-18-9-12(11)6-13-8-15(17(22)23)25-20-13/h1-2,5,8,11-12,18H,3-4,6-7,9-10H2,(H,19,21)(H,22,23)/t11-,12+/m1/s1. The van der Waals surface area contributed by atoms with E-state index in [1.54, 1.807) is 12.3 Å². The second kappa shape index (κ2) is 7.98. The molecule has 2 aromatic rings. The summed E-state index contributed by atoms with van der Waals surface area (Å²) in [4.78, 5) is 23.1. The summed E-state index contributed by atoms with van der Waals surface area (Å²) < 4.78 is 10.0. The zero-order valence-electron chi connectivity index (χ0n) is 13.7. The normalized spacial score (nSPS) is 20.3. The molecule has 1 saturated heterocycles. The number of carbonyl (C=O) groups is 2. The number of nitrogens with zero attached hydrogens (tertiary/aromatic N) is 1. The van der Waals surface area contributed by atoms with E-state index >= 15 is 0 Å². The van der Waals surface area contributed by atoms with Crippen molar-refractivity contribution in [3.05, 3.63) is 41.7 Å². The number of hydrogen-bond donors (Lipinski definition) is 3. The van der Waals surface area contributed by atoms with E-state index in [-0.39, 0.29) is 23.5 Å². The summed E-state index contributed by atoms with van der Waals surface area (Å²) >= 11 is 0. The minimum atomic E-state index is -1.13. The molecule has 3 N–H and O–H groups in total. The molecule has 0 aromatic carbocycles. The largest absolute Gasteiger partial charge is 0.475 e. The van der Waals surface area contributed by atoms with Crippen LogP contribution in [0.2, 0.25) is 0 Å². The molecule has 2 atom stereocenters. The fraction of sp³-hybridized carbons (Fsp3) is 0.471. The van der Waals surface area contributed by atoms with Gasteiger partial charge >= 0.3 is 5.97 Å². The highest BCUT2D eigenvalue weighted by atomic mass is 16.5. The van der Waals surface area contributed by atoms with Crippen molar-refractivity contribution in [2.24, 2.45) is 11.8 Å². The van der Waals surface area contributed by atoms with Crippen molar-refractivity contribution in [2.45, 2.75) is 25.8 Å². The Bertz CT molecular complexity index is 710. The molecule has 1 aliphatic rings. The molecule has 0 bridgehead atoms. The van der Waals surface area contributed by atoms with Gasteiger partial charge in [-0.2, -0.15) is 0 Å². The number of aromatic nitrogens is 1. The Balaban J connectivity index is 1.54. The van der Waals surface area contributed by atoms with Gasteiger partial charge in [0.2, 0.25) is 11.7 Å². The Hall–Kier alpha value is -2.61. The molecular weight excluding hydrogens is 326 g/mol. The highest BCUT2D eigenvalue weighted by Crippen LogP contribution is 2.26. The van der Waals surface area contributed by atoms with E-state index in [1.165, 1.54) is 6.07 Å². The Morgan fingerprint density at radius 2 is 2.28 bits per heavy atom. The molecular formula is C17H21N3O5. The third-order valence-electron chi connectivity index (χ3n) is 4.49. The fourth-order valence-electron chi connectivity index (χ4n) is 3.17. The van der Waals surface area contributed by atoms with Crippen LogP contribution in [-0.4, -0.2) is 35.2 Å². The maximum absolute atomic E-state index is 12.2. The first kappa shape index (κ1) is 17.2. The van der Waals surface area contributed by atoms with E-state index in [4.69, 9.17) is 14.0 Å². The molecule has 1 fully saturated rings. The predicted octanol–water partition coefficient (Wildman–Crippen LogP) is 1.44. The van der Waals surface area contributed by atoms with Gasteiger partial charge in [0.1, 0.15) is 5.76 Å². The van der Waals surface area contributed by atoms with Gasteiger partial charge in [0.15, 0.2) is 0 Å². The lowest BCUT2D eigenvalue weighted by Gasteiger charge is -2.31. The van der Waals surface area contributed by atoms with E-state index in [9.17, 15) is 9.59 Å². The lowest BCUT2D eigenvalue weighted by atomic mass is 9.81. The van der Waals surface area contributed by atoms with Gasteiger partial charge in [-0.1, -0.05) is 5.16 Å². The topological polar surface area (TPSA) is 118 Å². The number of amides is 1. The van der Waals surface area contributed by atoms with Gasteiger partial charge in [-0.25, -0.2) is 4.79 Å². The number of piperidine rings is 1. The number of rotatable bonds is 7. The smallest absolute Gasteiger partial charge is 0.374 e. The van der Waals surface area contributed by atoms with Crippen molar-refractivity contribution >= 4 is 11.9 Å². The van der Waals surface area contributed by atoms with E-state index in [0.29, 0.717) is 25.1 Å². The minimum Gasteiger partial charge on any atom is -0.475 e. The van der Waals surface area contributed by atoms with Gasteiger partial charge < -0.3 is 24.7 Å². The fourth-order valence-corrected chi connectivity index (χ4v) is 3.17. The first-order valence-corrected chi connectivity index (χ1v) is 8.30. The predicted molar refractivity (Wildman–Crippen MR) is 86.8 cm³/mol. The number of nitrogens with one attached hydrogen (secondary N) is 2. The van der Waals surface area contributed by atoms with Crippen LogP contribution in [0, 0.1) is 11.8 Å². The summed E-state index contributed by atoms with van der Waals surface area (Å²) in [7, 11) is 0. The van der Waals surface area contributed by atoms with E-state index in [0.717, 1.165) is 25.3 Å². The quantitative estimate of drug-likeness (QED) is 0.693. The molecule has 134 valence electrons. The van der Waals surface area contributed by atoms with E-state index < -0.39 is 5.97 Å². The minimum absolute atomic E-state index is 0.0142. The van der Waals surface area contributed by atoms with Crippen LogP contribution in [0.4, 0.5) is 0 Å². The summed E-state index contributed by atoms with van der Waals surface area (Å²) in [6.45, 7) is 2.02. The number of aromatic carboxylic acids is 1. The second-order valence-corrected chi connectivity index (χ2v) is 6.26. The van der Waals surface area contributed by atoms with Crippen LogP contribution in [0.15, 0.2) is 33.4 Å². The Morgan fingerprint density at radius 1 is 1.40 bits per heavy atom. The molecule has 2 aromatic heterocycles. The molecule has 1 aliphatic heterocycles. The lowest BCUT2D eigenvalue weighted by Crippen LogP contribution is -2.40. The molecule has 1 amide bonds. The molecule has 0 radical (unpaired) electrons. The third-order valence-corrected chi connectivity index (χ3v) is 4.49. The van der Waals surface area contributed by atoms with Crippen molar-refractivity contribution in [3.8, 4) is 0 Å². The number of carboxylic acid groups (broad SMARTS) is 1. The van der Waals surface area contributed by atoms with Crippen molar-refractivity contribution in [3.63, 3.8) is 0 Å². The zero-order valence-corrected chi connectivity index (χ0v) is 13.7. The molecule has 0 unspecified atom stereocenters. The lowest BCUT2D eigenvalue weighted by molar-refractivity contribution is -0.122. The van der Waals surface area contributed by atoms with Crippen LogP contribution in [0.25, 0.3) is 0 Å². The molecule has 3 rings (SSSR count). The molecule has 25 heavy (non-hydrogen) atoms. The molecule has 0 aliphatic carbocycles. The average Bonchev–Trinajstić information content (AvgIpc) is 3.26. The number of furan rings is 1. The monoisotopic (exact) mass is 347 g/mol. The van der Waals surface area contributed by atoms with E-state index in [1.807, 2.05) is 6.07 Å². The molecule has 8 heteroatoms. The molecule has 0 saturated carbocycles. The third kappa shape index (κ3) is 4.69. The summed E-state index contributed by atoms with van der Waals surface area (Å²) in [6.07, 6.45) is 3.48. The SMILES string of the molecule is O=C(C[C@H]1CCNC[C@@H]1Cc1cc(C(=O)O)on1)NCc1ccco1. The highest BCUT2D eigenvalue weighted by molar-refractivity contribution is 5.84. The molecule has 8 nitrogen and oxygen atoms in total. The summed E-state index contributed by atoms with van der Waals surface area (Å²) in [5.41, 5.74) is 0.604. The van der Waals surface area contributed by atoms with E-state index in [2.05, 4.69) is 15.8 Å². The molecule has 3 heterocycles. The highest BCUT2D eigenvalue weighted by Gasteiger charge is 2.28. The van der Waals surface area contributed by atoms with Crippen LogP contribution in [0.3, 0.4) is 0 Å². The van der Waals surface area contributed by atoms with Crippen molar-refractivity contribution in [1.82, 2.24) is 15.8 Å². The summed E-state index contributed by atoms with van der Waals surface area (Å²) in [5, 5.41) is 18.9. The van der Waals surface area contributed by atoms with Gasteiger partial charge in [-0.3, -0.25) is 4.79 Å². The first-order chi connectivity index (χ1) is 12.1. The van der Waals surface area contributed by atoms with Gasteiger partial charge in [0.05, 0.1) is 18.5 Å². The van der Waals surface area contributed by atoms with Crippen LogP contribution < -0.4 is 10.6 Å². The Labute approximate surface area is 144 Å². The van der Waals surface area contributed by atoms with Gasteiger partial charge in [0.25, 0.3) is 0 Å². The number of hydrogen-bond acceptors (Lipinski definition) is 6. The van der Waals surface area contributed by atoms with Crippen LogP contribution in [0.5, 0.6) is 0 Å². The molecule has 0 spiro atoms. The van der Waals surface area contributed by atoms with Gasteiger partial charge in [-0.15, -0.1) is 0 Å². The van der Waals surface area contributed by atoms with Crippen molar-refractivity contribution in [2.75, 3.05) is 13.1 Å². The summed E-state index contributed by atoms with van der Waals surface area (Å²) in [6, 6.07) is 5.05. The number of carbonyl (C=O) groups excluding carboxylic acids is 1. The second-order valence-electron chi connectivity index (χ2n) is 6.26. The van der Waals surface area contributed by atoms with Crippen LogP contribution in [-0.2, 0) is 17.8 Å². The first-order valence-electron chi connectivity index (χ1n) is 8.30. The van der Waals surface area contributed by atoms with Crippen LogP contribution in [0.1, 0.15) is 34.9 Å². The Kier molecular flexibility index (Phi) is 5.49. The van der Waals surface area contributed by atoms with Crippen molar-refractivity contribution < 1.29 is 23.6 Å². The van der Waals surface area contributed by atoms with Crippen LogP contribution >= 0.6 is 0 Å². The maximum Gasteiger partial charge on any atom is 0.374 e. The average molecular weight is 347 g/mol. The van der Waals surface area contributed by atoms with Crippen molar-refractivity contribution in [1.29, 1.82) is 0 Å².